The summed E-state index contributed by atoms with van der Waals surface area (Å²) in [5.74, 6) is 1.21. The maximum atomic E-state index is 12.4. The molecule has 13 atom stereocenters. The second kappa shape index (κ2) is 10.6. The molecule has 1 saturated heterocycles. The second-order valence-corrected chi connectivity index (χ2v) is 13.6. The quantitative estimate of drug-likeness (QED) is 0.289. The summed E-state index contributed by atoms with van der Waals surface area (Å²) in [4.78, 5) is 11.8. The van der Waals surface area contributed by atoms with Crippen molar-refractivity contribution in [2.75, 3.05) is 6.61 Å². The van der Waals surface area contributed by atoms with E-state index in [1.54, 1.807) is 13.0 Å². The number of hydrogen-bond acceptors (Lipinski definition) is 8. The Balaban J connectivity index is 0.00000176. The lowest BCUT2D eigenvalue weighted by molar-refractivity contribution is -0.291. The van der Waals surface area contributed by atoms with E-state index in [0.29, 0.717) is 18.4 Å². The first-order valence-electron chi connectivity index (χ1n) is 14.5. The van der Waals surface area contributed by atoms with Crippen molar-refractivity contribution in [2.24, 2.45) is 40.2 Å². The summed E-state index contributed by atoms with van der Waals surface area (Å²) in [7, 11) is 0. The zero-order chi connectivity index (χ0) is 26.3. The van der Waals surface area contributed by atoms with E-state index < -0.39 is 30.1 Å². The minimum absolute atomic E-state index is 0. The van der Waals surface area contributed by atoms with E-state index in [-0.39, 0.29) is 51.8 Å². The molecule has 5 fully saturated rings. The minimum Gasteiger partial charge on any atom is -0.458 e. The van der Waals surface area contributed by atoms with Gasteiger partial charge >= 0.3 is 5.97 Å². The number of nitrogens with two attached hydrogens (primary N) is 1. The SMILES string of the molecule is CC1OC(OC2CCC3(C)C(CCC4C3CCC3(C)C(C5=CC(=O)OC5)CCC43O)C2)C(O)C(O)C1N.O.O. The summed E-state index contributed by atoms with van der Waals surface area (Å²) in [6.45, 7) is 6.89. The molecule has 0 aromatic carbocycles. The first kappa shape index (κ1) is 30.8. The smallest absolute Gasteiger partial charge is 0.331 e. The molecule has 2 aliphatic heterocycles. The van der Waals surface area contributed by atoms with E-state index in [4.69, 9.17) is 19.9 Å². The summed E-state index contributed by atoms with van der Waals surface area (Å²) in [6.07, 6.45) is 6.88. The van der Waals surface area contributed by atoms with Gasteiger partial charge in [0.15, 0.2) is 6.29 Å². The maximum absolute atomic E-state index is 12.4. The average Bonchev–Trinajstić information content (AvgIpc) is 3.41. The molecule has 4 aliphatic carbocycles. The first-order chi connectivity index (χ1) is 17.5. The highest BCUT2D eigenvalue weighted by Gasteiger charge is 2.67. The largest absolute Gasteiger partial charge is 0.458 e. The fourth-order valence-corrected chi connectivity index (χ4v) is 9.85. The zero-order valence-corrected chi connectivity index (χ0v) is 23.5. The van der Waals surface area contributed by atoms with E-state index in [1.807, 2.05) is 0 Å². The Labute approximate surface area is 230 Å². The van der Waals surface area contributed by atoms with E-state index in [1.165, 1.54) is 0 Å². The summed E-state index contributed by atoms with van der Waals surface area (Å²) in [6, 6.07) is -0.629. The van der Waals surface area contributed by atoms with Gasteiger partial charge in [0.25, 0.3) is 0 Å². The third kappa shape index (κ3) is 4.50. The number of rotatable bonds is 3. The van der Waals surface area contributed by atoms with Crippen LogP contribution in [0.15, 0.2) is 11.6 Å². The Morgan fingerprint density at radius 1 is 1.00 bits per heavy atom. The number of fused-ring (bicyclic) bond motifs is 5. The minimum atomic E-state index is -1.15. The van der Waals surface area contributed by atoms with Crippen molar-refractivity contribution in [1.29, 1.82) is 0 Å². The van der Waals surface area contributed by atoms with Crippen LogP contribution in [0.1, 0.15) is 78.6 Å². The molecule has 0 aromatic heterocycles. The standard InChI is InChI=1S/C29H45NO7.2H2O/c1-15-23(30)24(32)25(33)26(36-15)37-18-6-9-27(2)17(13-18)4-5-21-20(27)7-10-28(3)19(8-11-29(21,28)34)16-12-22(31)35-14-16;;/h12,15,17-21,23-26,32-34H,4-11,13-14,30H2,1-3H3;2*1H2. The van der Waals surface area contributed by atoms with Crippen LogP contribution >= 0.6 is 0 Å². The fourth-order valence-electron chi connectivity index (χ4n) is 9.85. The molecule has 224 valence electrons. The van der Waals surface area contributed by atoms with Gasteiger partial charge < -0.3 is 46.2 Å². The van der Waals surface area contributed by atoms with Gasteiger partial charge in [-0.1, -0.05) is 13.8 Å². The van der Waals surface area contributed by atoms with E-state index in [2.05, 4.69) is 13.8 Å². The molecule has 0 spiro atoms. The number of aliphatic hydroxyl groups is 3. The van der Waals surface area contributed by atoms with Gasteiger partial charge in [0.05, 0.1) is 23.9 Å². The molecule has 6 aliphatic rings. The highest BCUT2D eigenvalue weighted by Crippen LogP contribution is 2.70. The van der Waals surface area contributed by atoms with Gasteiger partial charge in [-0.25, -0.2) is 4.79 Å². The Morgan fingerprint density at radius 2 is 1.74 bits per heavy atom. The Bertz CT molecular complexity index is 961. The van der Waals surface area contributed by atoms with E-state index in [0.717, 1.165) is 63.4 Å². The third-order valence-electron chi connectivity index (χ3n) is 12.2. The molecule has 6 rings (SSSR count). The van der Waals surface area contributed by atoms with Crippen molar-refractivity contribution in [2.45, 2.75) is 121 Å². The normalized spacial score (nSPS) is 52.8. The number of hydrogen-bond donors (Lipinski definition) is 4. The topological polar surface area (TPSA) is 194 Å². The van der Waals surface area contributed by atoms with Gasteiger partial charge in [-0.3, -0.25) is 0 Å². The molecule has 0 amide bonds. The van der Waals surface area contributed by atoms with Crippen LogP contribution in [0.3, 0.4) is 0 Å². The molecule has 2 heterocycles. The van der Waals surface area contributed by atoms with Crippen LogP contribution in [0.5, 0.6) is 0 Å². The summed E-state index contributed by atoms with van der Waals surface area (Å²) in [5.41, 5.74) is 6.24. The lowest BCUT2D eigenvalue weighted by atomic mass is 9.43. The maximum Gasteiger partial charge on any atom is 0.331 e. The van der Waals surface area contributed by atoms with Gasteiger partial charge in [-0.2, -0.15) is 0 Å². The molecule has 0 aromatic rings. The monoisotopic (exact) mass is 555 g/mol. The lowest BCUT2D eigenvalue weighted by Crippen LogP contribution is -2.63. The van der Waals surface area contributed by atoms with Crippen molar-refractivity contribution < 1.29 is 45.3 Å². The van der Waals surface area contributed by atoms with Crippen LogP contribution in [-0.4, -0.2) is 81.2 Å². The molecule has 9 N–H and O–H groups in total. The van der Waals surface area contributed by atoms with E-state index >= 15 is 0 Å². The van der Waals surface area contributed by atoms with Crippen molar-refractivity contribution in [1.82, 2.24) is 0 Å². The van der Waals surface area contributed by atoms with Crippen LogP contribution in [0.2, 0.25) is 0 Å². The molecule has 0 radical (unpaired) electrons. The highest BCUT2D eigenvalue weighted by atomic mass is 16.7. The van der Waals surface area contributed by atoms with Gasteiger partial charge in [0.1, 0.15) is 18.8 Å². The van der Waals surface area contributed by atoms with Crippen LogP contribution < -0.4 is 5.73 Å². The van der Waals surface area contributed by atoms with Crippen LogP contribution in [0.4, 0.5) is 0 Å². The average molecular weight is 556 g/mol. The number of carbonyl (C=O) groups excluding carboxylic acids is 1. The fraction of sp³-hybridized carbons (Fsp3) is 0.897. The Hall–Kier alpha value is -1.11. The summed E-state index contributed by atoms with van der Waals surface area (Å²) in [5, 5.41) is 33.2. The molecule has 0 bridgehead atoms. The van der Waals surface area contributed by atoms with Crippen LogP contribution in [0.25, 0.3) is 0 Å². The van der Waals surface area contributed by atoms with Gasteiger partial charge in [0, 0.05) is 11.5 Å². The number of esters is 1. The number of carbonyl (C=O) groups is 1. The Kier molecular flexibility index (Phi) is 8.40. The van der Waals surface area contributed by atoms with Crippen molar-refractivity contribution in [3.63, 3.8) is 0 Å². The highest BCUT2D eigenvalue weighted by molar-refractivity contribution is 5.85. The van der Waals surface area contributed by atoms with E-state index in [9.17, 15) is 20.1 Å². The molecule has 39 heavy (non-hydrogen) atoms. The zero-order valence-electron chi connectivity index (χ0n) is 23.5. The van der Waals surface area contributed by atoms with Crippen molar-refractivity contribution in [3.05, 3.63) is 11.6 Å². The first-order valence-corrected chi connectivity index (χ1v) is 14.5. The van der Waals surface area contributed by atoms with Crippen molar-refractivity contribution >= 4 is 5.97 Å². The number of aliphatic hydroxyl groups excluding tert-OH is 2. The molecular weight excluding hydrogens is 506 g/mol. The van der Waals surface area contributed by atoms with Crippen LogP contribution in [-0.2, 0) is 19.0 Å². The van der Waals surface area contributed by atoms with Gasteiger partial charge in [0.2, 0.25) is 0 Å². The van der Waals surface area contributed by atoms with Crippen LogP contribution in [0, 0.1) is 34.5 Å². The van der Waals surface area contributed by atoms with Gasteiger partial charge in [-0.05, 0) is 99.4 Å². The van der Waals surface area contributed by atoms with Gasteiger partial charge in [-0.15, -0.1) is 0 Å². The molecular formula is C29H49NO9. The summed E-state index contributed by atoms with van der Waals surface area (Å²) >= 11 is 0. The van der Waals surface area contributed by atoms with Crippen molar-refractivity contribution in [3.8, 4) is 0 Å². The third-order valence-corrected chi connectivity index (χ3v) is 12.2. The number of ether oxygens (including phenoxy) is 3. The molecule has 13 unspecified atom stereocenters. The number of cyclic esters (lactones) is 1. The predicted octanol–water partition coefficient (Wildman–Crippen LogP) is 0.773. The molecule has 10 heteroatoms. The summed E-state index contributed by atoms with van der Waals surface area (Å²) < 4.78 is 17.3. The molecule has 4 saturated carbocycles. The second-order valence-electron chi connectivity index (χ2n) is 13.6. The predicted molar refractivity (Wildman–Crippen MR) is 142 cm³/mol. The lowest BCUT2D eigenvalue weighted by Gasteiger charge is -2.64. The Morgan fingerprint density at radius 3 is 2.44 bits per heavy atom. The molecule has 10 nitrogen and oxygen atoms in total.